The minimum atomic E-state index is -0.321. The molecular weight excluding hydrogens is 368 g/mol. The van der Waals surface area contributed by atoms with Gasteiger partial charge in [0, 0.05) is 25.2 Å². The first-order valence-electron chi connectivity index (χ1n) is 9.93. The molecule has 0 spiro atoms. The Morgan fingerprint density at radius 1 is 1.10 bits per heavy atom. The highest BCUT2D eigenvalue weighted by molar-refractivity contribution is 6.00. The third-order valence-corrected chi connectivity index (χ3v) is 5.29. The lowest BCUT2D eigenvalue weighted by atomic mass is 10.1. The van der Waals surface area contributed by atoms with Crippen LogP contribution in [0, 0.1) is 5.92 Å². The van der Waals surface area contributed by atoms with Crippen molar-refractivity contribution in [1.29, 1.82) is 0 Å². The van der Waals surface area contributed by atoms with E-state index in [0.29, 0.717) is 31.0 Å². The number of benzene rings is 2. The second kappa shape index (κ2) is 9.45. The van der Waals surface area contributed by atoms with Crippen molar-refractivity contribution in [1.82, 2.24) is 5.32 Å². The Morgan fingerprint density at radius 3 is 2.62 bits per heavy atom. The van der Waals surface area contributed by atoms with Crippen LogP contribution in [0.5, 0.6) is 11.5 Å². The summed E-state index contributed by atoms with van der Waals surface area (Å²) in [6.07, 6.45) is 1.84. The van der Waals surface area contributed by atoms with Crippen molar-refractivity contribution in [3.63, 3.8) is 0 Å². The summed E-state index contributed by atoms with van der Waals surface area (Å²) in [4.78, 5) is 26.7. The van der Waals surface area contributed by atoms with Crippen molar-refractivity contribution in [3.05, 3.63) is 53.6 Å². The SMILES string of the molecule is CCc1cccc(N2CC(C(=O)NCCc3ccc(OC)c(OC)c3)CC2=O)c1. The van der Waals surface area contributed by atoms with Gasteiger partial charge in [-0.15, -0.1) is 0 Å². The van der Waals surface area contributed by atoms with E-state index in [1.165, 1.54) is 5.56 Å². The monoisotopic (exact) mass is 396 g/mol. The van der Waals surface area contributed by atoms with Gasteiger partial charge in [-0.2, -0.15) is 0 Å². The Morgan fingerprint density at radius 2 is 1.90 bits per heavy atom. The summed E-state index contributed by atoms with van der Waals surface area (Å²) in [5, 5.41) is 2.96. The molecule has 3 rings (SSSR count). The molecule has 2 aromatic rings. The lowest BCUT2D eigenvalue weighted by Gasteiger charge is -2.17. The number of hydrogen-bond donors (Lipinski definition) is 1. The molecule has 29 heavy (non-hydrogen) atoms. The number of aryl methyl sites for hydroxylation is 1. The molecule has 1 atom stereocenters. The molecule has 1 saturated heterocycles. The van der Waals surface area contributed by atoms with Gasteiger partial charge in [-0.1, -0.05) is 25.1 Å². The Bertz CT molecular complexity index is 881. The number of methoxy groups -OCH3 is 2. The van der Waals surface area contributed by atoms with Gasteiger partial charge in [0.05, 0.1) is 20.1 Å². The van der Waals surface area contributed by atoms with E-state index in [1.54, 1.807) is 19.1 Å². The second-order valence-corrected chi connectivity index (χ2v) is 7.16. The third kappa shape index (κ3) is 4.88. The highest BCUT2D eigenvalue weighted by Crippen LogP contribution is 2.28. The number of ether oxygens (including phenoxy) is 2. The van der Waals surface area contributed by atoms with Crippen LogP contribution in [0.3, 0.4) is 0 Å². The predicted molar refractivity (Wildman–Crippen MR) is 113 cm³/mol. The van der Waals surface area contributed by atoms with E-state index >= 15 is 0 Å². The molecule has 2 amide bonds. The van der Waals surface area contributed by atoms with Crippen LogP contribution in [0.2, 0.25) is 0 Å². The summed E-state index contributed by atoms with van der Waals surface area (Å²) in [5.41, 5.74) is 3.09. The summed E-state index contributed by atoms with van der Waals surface area (Å²) in [6, 6.07) is 13.7. The second-order valence-electron chi connectivity index (χ2n) is 7.16. The number of carbonyl (C=O) groups excluding carboxylic acids is 2. The average molecular weight is 396 g/mol. The zero-order valence-electron chi connectivity index (χ0n) is 17.2. The van der Waals surface area contributed by atoms with Gasteiger partial charge in [-0.05, 0) is 48.2 Å². The van der Waals surface area contributed by atoms with Crippen molar-refractivity contribution in [2.24, 2.45) is 5.92 Å². The predicted octanol–water partition coefficient (Wildman–Crippen LogP) is 2.98. The third-order valence-electron chi connectivity index (χ3n) is 5.29. The molecule has 6 nitrogen and oxygen atoms in total. The van der Waals surface area contributed by atoms with Crippen LogP contribution in [0.1, 0.15) is 24.5 Å². The molecule has 1 aliphatic rings. The molecule has 1 fully saturated rings. The van der Waals surface area contributed by atoms with Crippen LogP contribution >= 0.6 is 0 Å². The normalized spacial score (nSPS) is 16.0. The fourth-order valence-corrected chi connectivity index (χ4v) is 3.59. The molecule has 0 radical (unpaired) electrons. The molecule has 154 valence electrons. The van der Waals surface area contributed by atoms with Crippen molar-refractivity contribution in [2.45, 2.75) is 26.2 Å². The van der Waals surface area contributed by atoms with Crippen LogP contribution in [-0.4, -0.2) is 39.1 Å². The topological polar surface area (TPSA) is 67.9 Å². The molecule has 2 aromatic carbocycles. The molecule has 0 aromatic heterocycles. The molecule has 1 heterocycles. The van der Waals surface area contributed by atoms with E-state index in [1.807, 2.05) is 42.5 Å². The standard InChI is InChI=1S/C23H28N2O4/c1-4-16-6-5-7-19(12-16)25-15-18(14-22(25)26)23(27)24-11-10-17-8-9-20(28-2)21(13-17)29-3/h5-9,12-13,18H,4,10-11,14-15H2,1-3H3,(H,24,27). The smallest absolute Gasteiger partial charge is 0.227 e. The van der Waals surface area contributed by atoms with Gasteiger partial charge in [-0.3, -0.25) is 9.59 Å². The van der Waals surface area contributed by atoms with Gasteiger partial charge in [0.25, 0.3) is 0 Å². The zero-order chi connectivity index (χ0) is 20.8. The van der Waals surface area contributed by atoms with E-state index in [-0.39, 0.29) is 24.2 Å². The van der Waals surface area contributed by atoms with Crippen molar-refractivity contribution in [2.75, 3.05) is 32.2 Å². The number of carbonyl (C=O) groups is 2. The van der Waals surface area contributed by atoms with Crippen molar-refractivity contribution in [3.8, 4) is 11.5 Å². The highest BCUT2D eigenvalue weighted by atomic mass is 16.5. The number of anilines is 1. The minimum Gasteiger partial charge on any atom is -0.493 e. The van der Waals surface area contributed by atoms with E-state index < -0.39 is 0 Å². The van der Waals surface area contributed by atoms with Crippen LogP contribution in [0.4, 0.5) is 5.69 Å². The van der Waals surface area contributed by atoms with E-state index in [4.69, 9.17) is 9.47 Å². The first-order chi connectivity index (χ1) is 14.0. The first kappa shape index (κ1) is 20.7. The lowest BCUT2D eigenvalue weighted by molar-refractivity contribution is -0.126. The Labute approximate surface area is 171 Å². The maximum absolute atomic E-state index is 12.6. The Hall–Kier alpha value is -3.02. The fraction of sp³-hybridized carbons (Fsp3) is 0.391. The quantitative estimate of drug-likeness (QED) is 0.745. The summed E-state index contributed by atoms with van der Waals surface area (Å²) in [6.45, 7) is 3.01. The summed E-state index contributed by atoms with van der Waals surface area (Å²) in [5.74, 6) is 0.948. The molecule has 1 aliphatic heterocycles. The number of amides is 2. The van der Waals surface area contributed by atoms with Gasteiger partial charge < -0.3 is 19.7 Å². The van der Waals surface area contributed by atoms with Crippen LogP contribution < -0.4 is 19.7 Å². The van der Waals surface area contributed by atoms with Gasteiger partial charge in [0.1, 0.15) is 0 Å². The summed E-state index contributed by atoms with van der Waals surface area (Å²) < 4.78 is 10.6. The molecule has 6 heteroatoms. The van der Waals surface area contributed by atoms with E-state index in [0.717, 1.165) is 17.7 Å². The van der Waals surface area contributed by atoms with Crippen molar-refractivity contribution >= 4 is 17.5 Å². The van der Waals surface area contributed by atoms with Crippen molar-refractivity contribution < 1.29 is 19.1 Å². The summed E-state index contributed by atoms with van der Waals surface area (Å²) in [7, 11) is 3.20. The minimum absolute atomic E-state index is 0.00158. The Kier molecular flexibility index (Phi) is 6.75. The van der Waals surface area contributed by atoms with Gasteiger partial charge in [0.15, 0.2) is 11.5 Å². The van der Waals surface area contributed by atoms with Crippen LogP contribution in [-0.2, 0) is 22.4 Å². The molecule has 0 bridgehead atoms. The summed E-state index contributed by atoms with van der Waals surface area (Å²) >= 11 is 0. The van der Waals surface area contributed by atoms with E-state index in [9.17, 15) is 9.59 Å². The van der Waals surface area contributed by atoms with Gasteiger partial charge in [0.2, 0.25) is 11.8 Å². The fourth-order valence-electron chi connectivity index (χ4n) is 3.59. The maximum atomic E-state index is 12.6. The molecular formula is C23H28N2O4. The van der Waals surface area contributed by atoms with Gasteiger partial charge >= 0.3 is 0 Å². The largest absolute Gasteiger partial charge is 0.493 e. The molecule has 1 N–H and O–H groups in total. The molecule has 0 aliphatic carbocycles. The van der Waals surface area contributed by atoms with Gasteiger partial charge in [-0.25, -0.2) is 0 Å². The van der Waals surface area contributed by atoms with Crippen LogP contribution in [0.25, 0.3) is 0 Å². The first-order valence-corrected chi connectivity index (χ1v) is 9.93. The van der Waals surface area contributed by atoms with Crippen LogP contribution in [0.15, 0.2) is 42.5 Å². The number of rotatable bonds is 8. The molecule has 1 unspecified atom stereocenters. The highest BCUT2D eigenvalue weighted by Gasteiger charge is 2.35. The lowest BCUT2D eigenvalue weighted by Crippen LogP contribution is -2.34. The number of nitrogens with zero attached hydrogens (tertiary/aromatic N) is 1. The molecule has 0 saturated carbocycles. The number of nitrogens with one attached hydrogen (secondary N) is 1. The average Bonchev–Trinajstić information content (AvgIpc) is 3.15. The maximum Gasteiger partial charge on any atom is 0.227 e. The zero-order valence-corrected chi connectivity index (χ0v) is 17.2. The van der Waals surface area contributed by atoms with E-state index in [2.05, 4.69) is 12.2 Å². The number of hydrogen-bond acceptors (Lipinski definition) is 4. The Balaban J connectivity index is 1.54.